The van der Waals surface area contributed by atoms with Gasteiger partial charge in [0, 0.05) is 10.4 Å². The van der Waals surface area contributed by atoms with Crippen molar-refractivity contribution in [3.63, 3.8) is 0 Å². The molecule has 23 heavy (non-hydrogen) atoms. The summed E-state index contributed by atoms with van der Waals surface area (Å²) in [5.74, 6) is -0.0893. The normalized spacial score (nSPS) is 11.7. The lowest BCUT2D eigenvalue weighted by Gasteiger charge is -2.15. The van der Waals surface area contributed by atoms with Crippen molar-refractivity contribution < 1.29 is 4.39 Å². The summed E-state index contributed by atoms with van der Waals surface area (Å²) >= 11 is 3.64. The zero-order valence-corrected chi connectivity index (χ0v) is 14.1. The SMILES string of the molecule is Fc1ccc(/C(Br)=C\C(c2ccccc2)c2ccccc2)cc1. The van der Waals surface area contributed by atoms with E-state index in [1.54, 1.807) is 12.1 Å². The molecule has 0 bridgehead atoms. The van der Waals surface area contributed by atoms with E-state index in [0.717, 1.165) is 10.0 Å². The zero-order chi connectivity index (χ0) is 16.1. The first-order chi connectivity index (χ1) is 11.2. The molecule has 0 N–H and O–H groups in total. The van der Waals surface area contributed by atoms with Gasteiger partial charge in [-0.1, -0.05) is 94.8 Å². The molecule has 0 nitrogen and oxygen atoms in total. The van der Waals surface area contributed by atoms with E-state index in [4.69, 9.17) is 0 Å². The van der Waals surface area contributed by atoms with Crippen LogP contribution in [0.5, 0.6) is 0 Å². The largest absolute Gasteiger partial charge is 0.207 e. The Balaban J connectivity index is 2.02. The van der Waals surface area contributed by atoms with Crippen molar-refractivity contribution in [1.82, 2.24) is 0 Å². The molecule has 0 saturated carbocycles. The molecular formula is C21H16BrF. The van der Waals surface area contributed by atoms with Crippen molar-refractivity contribution in [1.29, 1.82) is 0 Å². The van der Waals surface area contributed by atoms with Crippen molar-refractivity contribution in [3.8, 4) is 0 Å². The molecule has 114 valence electrons. The van der Waals surface area contributed by atoms with E-state index in [0.29, 0.717) is 0 Å². The minimum absolute atomic E-state index is 0.136. The number of hydrogen-bond acceptors (Lipinski definition) is 0. The summed E-state index contributed by atoms with van der Waals surface area (Å²) in [6, 6.07) is 27.2. The van der Waals surface area contributed by atoms with Crippen LogP contribution in [0.1, 0.15) is 22.6 Å². The van der Waals surface area contributed by atoms with Crippen LogP contribution in [0.3, 0.4) is 0 Å². The summed E-state index contributed by atoms with van der Waals surface area (Å²) in [7, 11) is 0. The molecule has 0 heterocycles. The van der Waals surface area contributed by atoms with Crippen LogP contribution in [0.2, 0.25) is 0 Å². The van der Waals surface area contributed by atoms with Crippen LogP contribution in [-0.2, 0) is 0 Å². The number of halogens is 2. The van der Waals surface area contributed by atoms with Crippen LogP contribution in [-0.4, -0.2) is 0 Å². The first-order valence-electron chi connectivity index (χ1n) is 7.47. The van der Waals surface area contributed by atoms with Gasteiger partial charge in [0.05, 0.1) is 0 Å². The third-order valence-electron chi connectivity index (χ3n) is 3.75. The van der Waals surface area contributed by atoms with Gasteiger partial charge in [0.1, 0.15) is 5.82 Å². The van der Waals surface area contributed by atoms with Crippen LogP contribution in [0, 0.1) is 5.82 Å². The highest BCUT2D eigenvalue weighted by molar-refractivity contribution is 9.15. The summed E-state index contributed by atoms with van der Waals surface area (Å²) in [4.78, 5) is 0. The summed E-state index contributed by atoms with van der Waals surface area (Å²) in [5.41, 5.74) is 3.40. The molecule has 0 unspecified atom stereocenters. The van der Waals surface area contributed by atoms with E-state index in [1.807, 2.05) is 36.4 Å². The van der Waals surface area contributed by atoms with E-state index >= 15 is 0 Å². The van der Waals surface area contributed by atoms with Crippen molar-refractivity contribution in [3.05, 3.63) is 114 Å². The highest BCUT2D eigenvalue weighted by Crippen LogP contribution is 2.32. The molecule has 0 aromatic heterocycles. The zero-order valence-electron chi connectivity index (χ0n) is 12.5. The van der Waals surface area contributed by atoms with Gasteiger partial charge in [-0.25, -0.2) is 4.39 Å². The van der Waals surface area contributed by atoms with Crippen LogP contribution in [0.4, 0.5) is 4.39 Å². The highest BCUT2D eigenvalue weighted by Gasteiger charge is 2.12. The van der Waals surface area contributed by atoms with Crippen LogP contribution in [0.25, 0.3) is 4.48 Å². The fourth-order valence-corrected chi connectivity index (χ4v) is 3.09. The molecule has 0 aliphatic carbocycles. The highest BCUT2D eigenvalue weighted by atomic mass is 79.9. The quantitative estimate of drug-likeness (QED) is 0.501. The van der Waals surface area contributed by atoms with Gasteiger partial charge in [0.15, 0.2) is 0 Å². The number of rotatable bonds is 4. The summed E-state index contributed by atoms with van der Waals surface area (Å²) in [5, 5.41) is 0. The standard InChI is InChI=1S/C21H16BrF/c22-21(18-11-13-19(23)14-12-18)15-20(16-7-3-1-4-8-16)17-9-5-2-6-10-17/h1-15,20H/b21-15+. The molecule has 2 heteroatoms. The van der Waals surface area contributed by atoms with E-state index < -0.39 is 0 Å². The molecule has 0 saturated heterocycles. The minimum atomic E-state index is -0.225. The summed E-state index contributed by atoms with van der Waals surface area (Å²) in [6.45, 7) is 0. The Hall–Kier alpha value is -2.19. The van der Waals surface area contributed by atoms with Crippen molar-refractivity contribution in [2.45, 2.75) is 5.92 Å². The Morgan fingerprint density at radius 1 is 0.739 bits per heavy atom. The average molecular weight is 367 g/mol. The number of allylic oxidation sites excluding steroid dienone is 1. The van der Waals surface area contributed by atoms with Crippen molar-refractivity contribution in [2.75, 3.05) is 0 Å². The van der Waals surface area contributed by atoms with Gasteiger partial charge in [0.25, 0.3) is 0 Å². The predicted molar refractivity (Wildman–Crippen MR) is 98.0 cm³/mol. The number of benzene rings is 3. The molecule has 0 atom stereocenters. The lowest BCUT2D eigenvalue weighted by Crippen LogP contribution is -1.98. The fourth-order valence-electron chi connectivity index (χ4n) is 2.56. The third-order valence-corrected chi connectivity index (χ3v) is 4.47. The lowest BCUT2D eigenvalue weighted by atomic mass is 9.90. The van der Waals surface area contributed by atoms with E-state index in [9.17, 15) is 4.39 Å². The molecule has 3 rings (SSSR count). The van der Waals surface area contributed by atoms with Gasteiger partial charge >= 0.3 is 0 Å². The van der Waals surface area contributed by atoms with E-state index in [2.05, 4.69) is 46.3 Å². The Kier molecular flexibility index (Phi) is 5.04. The van der Waals surface area contributed by atoms with Gasteiger partial charge in [-0.2, -0.15) is 0 Å². The van der Waals surface area contributed by atoms with Crippen LogP contribution in [0.15, 0.2) is 91.0 Å². The Morgan fingerprint density at radius 3 is 1.70 bits per heavy atom. The van der Waals surface area contributed by atoms with Gasteiger partial charge in [-0.15, -0.1) is 0 Å². The fraction of sp³-hybridized carbons (Fsp3) is 0.0476. The molecule has 0 spiro atoms. The molecular weight excluding hydrogens is 351 g/mol. The molecule has 3 aromatic rings. The van der Waals surface area contributed by atoms with Crippen molar-refractivity contribution >= 4 is 20.4 Å². The molecule has 0 amide bonds. The lowest BCUT2D eigenvalue weighted by molar-refractivity contribution is 0.627. The van der Waals surface area contributed by atoms with Crippen LogP contribution < -0.4 is 0 Å². The monoisotopic (exact) mass is 366 g/mol. The van der Waals surface area contributed by atoms with Gasteiger partial charge in [-0.3, -0.25) is 0 Å². The molecule has 0 fully saturated rings. The maximum atomic E-state index is 13.1. The van der Waals surface area contributed by atoms with Gasteiger partial charge < -0.3 is 0 Å². The molecule has 0 radical (unpaired) electrons. The van der Waals surface area contributed by atoms with Crippen molar-refractivity contribution in [2.24, 2.45) is 0 Å². The molecule has 3 aromatic carbocycles. The van der Waals surface area contributed by atoms with Crippen LogP contribution >= 0.6 is 15.9 Å². The summed E-state index contributed by atoms with van der Waals surface area (Å²) < 4.78 is 14.1. The maximum Gasteiger partial charge on any atom is 0.123 e. The van der Waals surface area contributed by atoms with Gasteiger partial charge in [0.2, 0.25) is 0 Å². The number of hydrogen-bond donors (Lipinski definition) is 0. The summed E-state index contributed by atoms with van der Waals surface area (Å²) in [6.07, 6.45) is 2.16. The second-order valence-electron chi connectivity index (χ2n) is 5.32. The maximum absolute atomic E-state index is 13.1. The second kappa shape index (κ2) is 7.38. The Morgan fingerprint density at radius 2 is 1.22 bits per heavy atom. The predicted octanol–water partition coefficient (Wildman–Crippen LogP) is 6.39. The molecule has 0 aliphatic rings. The third kappa shape index (κ3) is 3.96. The Bertz CT molecular complexity index is 738. The molecule has 0 aliphatic heterocycles. The Labute approximate surface area is 144 Å². The first kappa shape index (κ1) is 15.7. The van der Waals surface area contributed by atoms with E-state index in [1.165, 1.54) is 23.3 Å². The second-order valence-corrected chi connectivity index (χ2v) is 6.17. The smallest absolute Gasteiger partial charge is 0.123 e. The van der Waals surface area contributed by atoms with E-state index in [-0.39, 0.29) is 11.7 Å². The van der Waals surface area contributed by atoms with Gasteiger partial charge in [-0.05, 0) is 28.8 Å². The first-order valence-corrected chi connectivity index (χ1v) is 8.26. The topological polar surface area (TPSA) is 0 Å². The minimum Gasteiger partial charge on any atom is -0.207 e. The average Bonchev–Trinajstić information content (AvgIpc) is 2.61.